The lowest BCUT2D eigenvalue weighted by Crippen LogP contribution is -2.10. The van der Waals surface area contributed by atoms with Gasteiger partial charge in [0.2, 0.25) is 0 Å². The first-order valence-corrected chi connectivity index (χ1v) is 31.9. The highest BCUT2D eigenvalue weighted by Crippen LogP contribution is 2.63. The Balaban J connectivity index is 1.08. The minimum atomic E-state index is 0.0183. The predicted molar refractivity (Wildman–Crippen MR) is 382 cm³/mol. The van der Waals surface area contributed by atoms with Crippen LogP contribution in [0.3, 0.4) is 0 Å². The molecule has 2 aliphatic rings. The van der Waals surface area contributed by atoms with Crippen LogP contribution in [-0.2, 0) is 21.7 Å². The summed E-state index contributed by atoms with van der Waals surface area (Å²) in [5.41, 5.74) is 33.4. The van der Waals surface area contributed by atoms with Crippen LogP contribution in [0.5, 0.6) is 0 Å². The van der Waals surface area contributed by atoms with Crippen LogP contribution in [0.25, 0.3) is 154 Å². The first-order chi connectivity index (χ1) is 42.0. The number of hydrogen-bond acceptors (Lipinski definition) is 0. The standard InChI is InChI=1S/C88H78/c1-51-41-71-72(42-52(51)2)80(56-31-39-66(40-32-56)88(12,13)14)78-50-70-69(49-77(78)79(71)55-29-37-65(38-30-55)87(9,10)11)75-47-67(61-23-17-21-57(43-61)53-25-33-63(34-26-53)85(3,4)5)81-73-45-59-19-15-16-20-60(59)46-74(73)82-68(48-76(70)83(75)84(81)82)62-24-18-22-58(44-62)54-27-35-64(36-28-54)86(6,7)8/h15-50H,1-14H3. The third-order valence-electron chi connectivity index (χ3n) is 19.9. The molecule has 0 fully saturated rings. The second kappa shape index (κ2) is 19.7. The Morgan fingerprint density at radius 3 is 0.864 bits per heavy atom. The van der Waals surface area contributed by atoms with E-state index in [-0.39, 0.29) is 21.7 Å². The molecule has 0 heteroatoms. The van der Waals surface area contributed by atoms with Crippen LogP contribution < -0.4 is 0 Å². The number of fused-ring (bicyclic) bond motifs is 9. The number of hydrogen-bond donors (Lipinski definition) is 0. The van der Waals surface area contributed by atoms with Crippen LogP contribution in [-0.4, -0.2) is 0 Å². The van der Waals surface area contributed by atoms with Crippen LogP contribution in [0.1, 0.15) is 116 Å². The highest BCUT2D eigenvalue weighted by molar-refractivity contribution is 6.34. The van der Waals surface area contributed by atoms with Crippen LogP contribution in [0.2, 0.25) is 0 Å². The monoisotopic (exact) mass is 1130 g/mol. The average molecular weight is 1140 g/mol. The fraction of sp³-hybridized carbons (Fsp3) is 0.205. The summed E-state index contributed by atoms with van der Waals surface area (Å²) in [7, 11) is 0. The van der Waals surface area contributed by atoms with Gasteiger partial charge in [0.05, 0.1) is 0 Å². The summed E-state index contributed by atoms with van der Waals surface area (Å²) in [6.45, 7) is 32.3. The Morgan fingerprint density at radius 1 is 0.205 bits per heavy atom. The maximum absolute atomic E-state index is 2.62. The van der Waals surface area contributed by atoms with Crippen LogP contribution in [0.15, 0.2) is 218 Å². The Kier molecular flexibility index (Phi) is 12.4. The van der Waals surface area contributed by atoms with Gasteiger partial charge in [-0.2, -0.15) is 0 Å². The summed E-state index contributed by atoms with van der Waals surface area (Å²) >= 11 is 0. The van der Waals surface area contributed by atoms with Gasteiger partial charge in [-0.3, -0.25) is 0 Å². The van der Waals surface area contributed by atoms with Crippen molar-refractivity contribution in [2.75, 3.05) is 0 Å². The summed E-state index contributed by atoms with van der Waals surface area (Å²) in [4.78, 5) is 0. The van der Waals surface area contributed by atoms with E-state index < -0.39 is 0 Å². The van der Waals surface area contributed by atoms with Crippen molar-refractivity contribution in [2.45, 2.75) is 119 Å². The Morgan fingerprint density at radius 2 is 0.523 bits per heavy atom. The lowest BCUT2D eigenvalue weighted by molar-refractivity contribution is 0.590. The van der Waals surface area contributed by atoms with E-state index >= 15 is 0 Å². The summed E-state index contributed by atoms with van der Waals surface area (Å²) in [6.07, 6.45) is 0. The highest BCUT2D eigenvalue weighted by Gasteiger charge is 2.36. The van der Waals surface area contributed by atoms with Gasteiger partial charge in [0.25, 0.3) is 0 Å². The second-order valence-corrected chi connectivity index (χ2v) is 29.8. The average Bonchev–Trinajstić information content (AvgIpc) is 1.51. The molecule has 13 aromatic carbocycles. The molecule has 0 nitrogen and oxygen atoms in total. The molecule has 0 heterocycles. The van der Waals surface area contributed by atoms with Gasteiger partial charge in [0.15, 0.2) is 0 Å². The fourth-order valence-corrected chi connectivity index (χ4v) is 14.7. The van der Waals surface area contributed by atoms with Crippen LogP contribution in [0, 0.1) is 13.8 Å². The van der Waals surface area contributed by atoms with E-state index in [9.17, 15) is 0 Å². The quantitative estimate of drug-likeness (QED) is 0.146. The molecule has 0 N–H and O–H groups in total. The predicted octanol–water partition coefficient (Wildman–Crippen LogP) is 25.4. The van der Waals surface area contributed by atoms with Crippen LogP contribution >= 0.6 is 0 Å². The van der Waals surface area contributed by atoms with Crippen molar-refractivity contribution in [3.63, 3.8) is 0 Å². The number of rotatable bonds is 6. The number of benzene rings is 13. The van der Waals surface area contributed by atoms with Crippen LogP contribution in [0.4, 0.5) is 0 Å². The first-order valence-electron chi connectivity index (χ1n) is 31.9. The summed E-state index contributed by atoms with van der Waals surface area (Å²) in [6, 6.07) is 85.7. The Bertz CT molecular complexity index is 4730. The normalized spacial score (nSPS) is 12.9. The molecule has 0 spiro atoms. The molecule has 88 heavy (non-hydrogen) atoms. The molecule has 13 aromatic rings. The van der Waals surface area contributed by atoms with E-state index in [0.29, 0.717) is 0 Å². The second-order valence-electron chi connectivity index (χ2n) is 29.8. The minimum absolute atomic E-state index is 0.0183. The molecule has 2 aliphatic carbocycles. The van der Waals surface area contributed by atoms with E-state index in [2.05, 4.69) is 315 Å². The minimum Gasteiger partial charge on any atom is -0.0616 e. The van der Waals surface area contributed by atoms with Gasteiger partial charge >= 0.3 is 0 Å². The van der Waals surface area contributed by atoms with Crippen molar-refractivity contribution >= 4 is 43.1 Å². The zero-order valence-corrected chi connectivity index (χ0v) is 53.8. The summed E-state index contributed by atoms with van der Waals surface area (Å²) in [5, 5.41) is 10.3. The third kappa shape index (κ3) is 9.00. The summed E-state index contributed by atoms with van der Waals surface area (Å²) in [5.74, 6) is 0. The van der Waals surface area contributed by atoms with Crippen molar-refractivity contribution in [3.05, 3.63) is 252 Å². The largest absolute Gasteiger partial charge is 0.0616 e. The zero-order chi connectivity index (χ0) is 61.1. The Hall–Kier alpha value is -9.10. The van der Waals surface area contributed by atoms with Gasteiger partial charge in [-0.1, -0.05) is 253 Å². The van der Waals surface area contributed by atoms with E-state index in [1.54, 1.807) is 0 Å². The highest BCUT2D eigenvalue weighted by atomic mass is 14.4. The Labute approximate surface area is 521 Å². The van der Waals surface area contributed by atoms with E-state index in [1.807, 2.05) is 0 Å². The molecule has 0 aliphatic heterocycles. The molecular formula is C88H78. The lowest BCUT2D eigenvalue weighted by Gasteiger charge is -2.23. The molecule has 0 saturated heterocycles. The molecule has 0 saturated carbocycles. The smallest absolute Gasteiger partial charge is 0.000137 e. The van der Waals surface area contributed by atoms with Crippen molar-refractivity contribution in [3.8, 4) is 111 Å². The van der Waals surface area contributed by atoms with Gasteiger partial charge in [-0.05, 0) is 272 Å². The van der Waals surface area contributed by atoms with Gasteiger partial charge in [-0.25, -0.2) is 0 Å². The molecule has 0 unspecified atom stereocenters. The molecule has 430 valence electrons. The lowest BCUT2D eigenvalue weighted by atomic mass is 9.81. The molecule has 0 bridgehead atoms. The third-order valence-corrected chi connectivity index (χ3v) is 19.9. The maximum Gasteiger partial charge on any atom is -0.000137 e. The summed E-state index contributed by atoms with van der Waals surface area (Å²) < 4.78 is 0. The van der Waals surface area contributed by atoms with Gasteiger partial charge in [-0.15, -0.1) is 0 Å². The zero-order valence-electron chi connectivity index (χ0n) is 53.8. The molecule has 15 rings (SSSR count). The van der Waals surface area contributed by atoms with Gasteiger partial charge in [0.1, 0.15) is 0 Å². The molecule has 0 aromatic heterocycles. The van der Waals surface area contributed by atoms with Crippen molar-refractivity contribution in [2.24, 2.45) is 0 Å². The fourth-order valence-electron chi connectivity index (χ4n) is 14.7. The topological polar surface area (TPSA) is 0 Å². The van der Waals surface area contributed by atoms with E-state index in [4.69, 9.17) is 0 Å². The molecule has 0 atom stereocenters. The van der Waals surface area contributed by atoms with Crippen molar-refractivity contribution in [1.29, 1.82) is 0 Å². The number of aryl methyl sites for hydroxylation is 2. The van der Waals surface area contributed by atoms with Gasteiger partial charge in [0, 0.05) is 0 Å². The van der Waals surface area contributed by atoms with Crippen molar-refractivity contribution in [1.82, 2.24) is 0 Å². The SMILES string of the molecule is Cc1cc2c(-c3ccc(C(C)(C)C)cc3)c3cc4c(cc3c(-c3ccc(C(C)(C)C)cc3)c2cc1C)-c1cc(-c2cccc(-c3ccc(C(C)(C)C)cc3)c2)c2c3c(c(-c5cccc(-c6ccc(C(C)(C)C)cc6)c5)cc-4c13)-c1cc3ccccc3cc1-2. The first kappa shape index (κ1) is 55.5. The van der Waals surface area contributed by atoms with E-state index in [0.717, 1.165) is 0 Å². The van der Waals surface area contributed by atoms with E-state index in [1.165, 1.54) is 188 Å². The molecule has 0 radical (unpaired) electrons. The molecule has 0 amide bonds. The molecular weight excluding hydrogens is 1060 g/mol. The maximum atomic E-state index is 2.62. The van der Waals surface area contributed by atoms with Crippen molar-refractivity contribution < 1.29 is 0 Å². The van der Waals surface area contributed by atoms with Gasteiger partial charge < -0.3 is 0 Å².